The lowest BCUT2D eigenvalue weighted by Crippen LogP contribution is -2.53. The van der Waals surface area contributed by atoms with E-state index < -0.39 is 46.8 Å². The molecule has 0 spiro atoms. The number of aryl methyl sites for hydroxylation is 1. The number of likely N-dealkylation sites (tertiary alicyclic amines) is 1. The van der Waals surface area contributed by atoms with E-state index >= 15 is 4.79 Å². The highest BCUT2D eigenvalue weighted by Gasteiger charge is 2.70. The van der Waals surface area contributed by atoms with Gasteiger partial charge in [-0.1, -0.05) is 126 Å². The molecule has 4 aliphatic rings. The number of nitrogens with one attached hydrogen (secondary N) is 1. The number of carbonyl (C=O) groups is 4. The number of imide groups is 2. The van der Waals surface area contributed by atoms with Crippen molar-refractivity contribution in [2.24, 2.45) is 23.7 Å². The number of benzene rings is 5. The molecule has 280 valence electrons. The van der Waals surface area contributed by atoms with E-state index in [0.29, 0.717) is 29.0 Å². The number of anilines is 1. The average Bonchev–Trinajstić information content (AvgIpc) is 3.59. The van der Waals surface area contributed by atoms with Crippen molar-refractivity contribution in [1.82, 2.24) is 9.91 Å². The summed E-state index contributed by atoms with van der Waals surface area (Å²) in [5, 5.41) is 13.1. The molecule has 4 amide bonds. The number of hydrogen-bond donors (Lipinski definition) is 2. The van der Waals surface area contributed by atoms with Crippen molar-refractivity contribution in [3.05, 3.63) is 173 Å². The largest absolute Gasteiger partial charge is 0.508 e. The van der Waals surface area contributed by atoms with Crippen LogP contribution >= 0.6 is 0 Å². The number of allylic oxidation sites excluding steroid dienone is 2. The fourth-order valence-electron chi connectivity index (χ4n) is 9.68. The van der Waals surface area contributed by atoms with Crippen LogP contribution in [0.5, 0.6) is 11.5 Å². The smallest absolute Gasteiger partial charge is 0.260 e. The Bertz CT molecular complexity index is 2360. The lowest BCUT2D eigenvalue weighted by molar-refractivity contribution is -0.142. The van der Waals surface area contributed by atoms with E-state index in [9.17, 15) is 19.5 Å². The van der Waals surface area contributed by atoms with Gasteiger partial charge in [0.1, 0.15) is 18.1 Å². The van der Waals surface area contributed by atoms with Gasteiger partial charge in [0.25, 0.3) is 11.8 Å². The molecule has 0 aromatic heterocycles. The average molecular weight is 744 g/mol. The van der Waals surface area contributed by atoms with Gasteiger partial charge >= 0.3 is 0 Å². The van der Waals surface area contributed by atoms with E-state index in [0.717, 1.165) is 27.3 Å². The van der Waals surface area contributed by atoms with Gasteiger partial charge in [0.05, 0.1) is 35.4 Å². The first-order valence-corrected chi connectivity index (χ1v) is 19.1. The quantitative estimate of drug-likeness (QED) is 0.119. The van der Waals surface area contributed by atoms with Gasteiger partial charge < -0.3 is 9.84 Å². The van der Waals surface area contributed by atoms with Crippen LogP contribution in [0.25, 0.3) is 0 Å². The third-order valence-corrected chi connectivity index (χ3v) is 12.2. The highest BCUT2D eigenvalue weighted by Crippen LogP contribution is 2.65. The monoisotopic (exact) mass is 743 g/mol. The zero-order chi connectivity index (χ0) is 38.6. The Balaban J connectivity index is 1.18. The number of ether oxygens (including phenoxy) is 1. The van der Waals surface area contributed by atoms with Gasteiger partial charge in [0.2, 0.25) is 11.8 Å². The van der Waals surface area contributed by atoms with E-state index in [4.69, 9.17) is 4.74 Å². The number of rotatable bonds is 9. The van der Waals surface area contributed by atoms with Gasteiger partial charge in [-0.3, -0.25) is 29.5 Å². The van der Waals surface area contributed by atoms with E-state index in [-0.39, 0.29) is 37.1 Å². The van der Waals surface area contributed by atoms with Crippen LogP contribution in [0, 0.1) is 30.6 Å². The molecule has 2 aliphatic carbocycles. The number of phenolic OH excluding ortho intramolecular Hbond substituents is 1. The van der Waals surface area contributed by atoms with Crippen LogP contribution in [0.15, 0.2) is 145 Å². The maximum atomic E-state index is 15.4. The first kappa shape index (κ1) is 35.2. The third kappa shape index (κ3) is 5.68. The summed E-state index contributed by atoms with van der Waals surface area (Å²) in [5.41, 5.74) is 6.89. The van der Waals surface area contributed by atoms with Crippen molar-refractivity contribution >= 4 is 29.3 Å². The second-order valence-electron chi connectivity index (χ2n) is 15.3. The van der Waals surface area contributed by atoms with Crippen LogP contribution in [-0.2, 0) is 37.7 Å². The van der Waals surface area contributed by atoms with Gasteiger partial charge in [-0.05, 0) is 60.6 Å². The number of phenols is 1. The molecule has 6 atom stereocenters. The van der Waals surface area contributed by atoms with Gasteiger partial charge in [-0.25, -0.2) is 0 Å². The molecule has 56 heavy (non-hydrogen) atoms. The highest BCUT2D eigenvalue weighted by atomic mass is 16.5. The van der Waals surface area contributed by atoms with Crippen molar-refractivity contribution in [1.29, 1.82) is 0 Å². The summed E-state index contributed by atoms with van der Waals surface area (Å²) in [4.78, 5) is 60.2. The topological polar surface area (TPSA) is 116 Å². The van der Waals surface area contributed by atoms with Crippen LogP contribution in [0.1, 0.15) is 46.6 Å². The molecule has 5 aromatic carbocycles. The fourth-order valence-corrected chi connectivity index (χ4v) is 9.68. The Morgan fingerprint density at radius 3 is 2.09 bits per heavy atom. The SMILES string of the molecule is Cc1ccc(NN2C(=O)C3CC4C(=CCC5C(=O)N(Cc6ccccc6)C(=O)C54)C(c4ccc(OCc5ccccc5)cc4O)C3(c3ccccc3)C2=O)cc1. The summed E-state index contributed by atoms with van der Waals surface area (Å²) in [6, 6.07) is 41.0. The van der Waals surface area contributed by atoms with Crippen LogP contribution in [0.4, 0.5) is 5.69 Å². The van der Waals surface area contributed by atoms with E-state index in [1.54, 1.807) is 18.2 Å². The molecule has 5 aromatic rings. The van der Waals surface area contributed by atoms with Crippen LogP contribution in [-0.4, -0.2) is 38.6 Å². The summed E-state index contributed by atoms with van der Waals surface area (Å²) in [7, 11) is 0. The third-order valence-electron chi connectivity index (χ3n) is 12.2. The van der Waals surface area contributed by atoms with Crippen molar-refractivity contribution in [3.8, 4) is 11.5 Å². The number of hydrogen-bond acceptors (Lipinski definition) is 7. The predicted octanol–water partition coefficient (Wildman–Crippen LogP) is 7.46. The van der Waals surface area contributed by atoms with Gasteiger partial charge in [0.15, 0.2) is 0 Å². The molecule has 1 saturated carbocycles. The highest BCUT2D eigenvalue weighted by molar-refractivity contribution is 6.13. The Morgan fingerprint density at radius 2 is 1.41 bits per heavy atom. The van der Waals surface area contributed by atoms with E-state index in [1.165, 1.54) is 4.90 Å². The van der Waals surface area contributed by atoms with Crippen molar-refractivity contribution in [3.63, 3.8) is 0 Å². The molecule has 9 rings (SSSR count). The first-order chi connectivity index (χ1) is 27.3. The maximum Gasteiger partial charge on any atom is 0.260 e. The van der Waals surface area contributed by atoms with Gasteiger partial charge in [-0.15, -0.1) is 0 Å². The lowest BCUT2D eigenvalue weighted by atomic mass is 9.49. The summed E-state index contributed by atoms with van der Waals surface area (Å²) in [5.74, 6) is -4.67. The standard InChI is InChI=1S/C47H41N3O6/c1-29-17-19-33(20-18-29)48-50-44(53)39-26-38-35(23-24-37-41(38)45(54)49(43(37)52)27-30-11-5-2-6-12-30)42(47(39,46(50)55)32-15-9-4-10-16-32)36-22-21-34(25-40(36)51)56-28-31-13-7-3-8-14-31/h2-23,25,37-39,41-42,48,51H,24,26-28H2,1H3. The summed E-state index contributed by atoms with van der Waals surface area (Å²) in [6.07, 6.45) is 2.47. The molecule has 9 heteroatoms. The number of fused-ring (bicyclic) bond motifs is 4. The Morgan fingerprint density at radius 1 is 0.750 bits per heavy atom. The minimum absolute atomic E-state index is 0.0944. The number of aromatic hydroxyl groups is 1. The fraction of sp³-hybridized carbons (Fsp3) is 0.234. The Hall–Kier alpha value is -6.48. The van der Waals surface area contributed by atoms with Crippen molar-refractivity contribution in [2.45, 2.75) is 44.2 Å². The zero-order valence-corrected chi connectivity index (χ0v) is 30.9. The molecule has 2 N–H and O–H groups in total. The molecule has 9 nitrogen and oxygen atoms in total. The summed E-state index contributed by atoms with van der Waals surface area (Å²) >= 11 is 0. The number of carbonyl (C=O) groups excluding carboxylic acids is 4. The molecule has 0 radical (unpaired) electrons. The number of hydrazine groups is 1. The predicted molar refractivity (Wildman–Crippen MR) is 210 cm³/mol. The molecule has 2 saturated heterocycles. The van der Waals surface area contributed by atoms with E-state index in [1.807, 2.05) is 128 Å². The molecule has 2 heterocycles. The molecular weight excluding hydrogens is 703 g/mol. The summed E-state index contributed by atoms with van der Waals surface area (Å²) < 4.78 is 6.09. The minimum Gasteiger partial charge on any atom is -0.508 e. The lowest BCUT2D eigenvalue weighted by Gasteiger charge is -2.50. The molecule has 6 unspecified atom stereocenters. The normalized spacial score (nSPS) is 25.4. The van der Waals surface area contributed by atoms with Crippen LogP contribution in [0.2, 0.25) is 0 Å². The van der Waals surface area contributed by atoms with Crippen LogP contribution in [0.3, 0.4) is 0 Å². The molecular formula is C47H41N3O6. The maximum absolute atomic E-state index is 15.4. The second kappa shape index (κ2) is 14.0. The number of nitrogens with zero attached hydrogens (tertiary/aromatic N) is 2. The first-order valence-electron chi connectivity index (χ1n) is 19.1. The van der Waals surface area contributed by atoms with Gasteiger partial charge in [-0.2, -0.15) is 5.01 Å². The minimum atomic E-state index is -1.50. The zero-order valence-electron chi connectivity index (χ0n) is 30.9. The van der Waals surface area contributed by atoms with Crippen LogP contribution < -0.4 is 10.2 Å². The molecule has 2 aliphatic heterocycles. The number of amides is 4. The van der Waals surface area contributed by atoms with Crippen molar-refractivity contribution < 1.29 is 29.0 Å². The second-order valence-corrected chi connectivity index (χ2v) is 15.3. The van der Waals surface area contributed by atoms with Crippen molar-refractivity contribution in [2.75, 3.05) is 5.43 Å². The molecule has 3 fully saturated rings. The summed E-state index contributed by atoms with van der Waals surface area (Å²) in [6.45, 7) is 2.41. The Labute approximate surface area is 325 Å². The van der Waals surface area contributed by atoms with E-state index in [2.05, 4.69) is 5.43 Å². The van der Waals surface area contributed by atoms with Gasteiger partial charge in [0, 0.05) is 17.5 Å². The Kier molecular flexibility index (Phi) is 8.80. The molecule has 0 bridgehead atoms.